The number of alkyl carbamates (subject to hydrolysis) is 1. The van der Waals surface area contributed by atoms with Gasteiger partial charge < -0.3 is 29.0 Å². The van der Waals surface area contributed by atoms with Crippen molar-refractivity contribution in [2.45, 2.75) is 76.3 Å². The van der Waals surface area contributed by atoms with Crippen LogP contribution in [0.4, 0.5) is 4.79 Å². The fourth-order valence-electron chi connectivity index (χ4n) is 8.26. The maximum Gasteiger partial charge on any atom is 0.407 e. The number of amides is 1. The number of hydrogen-bond acceptors (Lipinski definition) is 8. The van der Waals surface area contributed by atoms with Crippen molar-refractivity contribution in [3.05, 3.63) is 59.7 Å². The summed E-state index contributed by atoms with van der Waals surface area (Å²) in [5.74, 6) is 0.436. The normalized spacial score (nSPS) is 35.9. The zero-order valence-electron chi connectivity index (χ0n) is 25.3. The van der Waals surface area contributed by atoms with E-state index in [2.05, 4.69) is 43.4 Å². The molecule has 1 spiro atoms. The molecule has 8 rings (SSSR count). The first-order valence-corrected chi connectivity index (χ1v) is 15.9. The summed E-state index contributed by atoms with van der Waals surface area (Å²) < 4.78 is 30.4. The summed E-state index contributed by atoms with van der Waals surface area (Å²) in [5.41, 5.74) is 4.21. The summed E-state index contributed by atoms with van der Waals surface area (Å²) in [5, 5.41) is 2.79. The SMILES string of the molecule is C[C@H]1[C@@H](OCCOCCNC(=O)OCC2c3ccccc3-c3ccccc32)O[C@@H]2O[C@]3(C)CC[C@H]4[C@H](C)CC[C@@H]1[C@@]24OO3. The van der Waals surface area contributed by atoms with E-state index in [0.717, 1.165) is 25.7 Å². The fraction of sp³-hybridized carbons (Fsp3) is 0.618. The third-order valence-electron chi connectivity index (χ3n) is 10.5. The first-order valence-electron chi connectivity index (χ1n) is 15.9. The molecule has 6 aliphatic rings. The van der Waals surface area contributed by atoms with Crippen LogP contribution in [-0.2, 0) is 33.5 Å². The van der Waals surface area contributed by atoms with Crippen LogP contribution in [0.3, 0.4) is 0 Å². The van der Waals surface area contributed by atoms with E-state index in [1.165, 1.54) is 22.3 Å². The standard InChI is InChI=1S/C34H43NO8/c1-21-12-13-29-22(2)30(40-31-34(29)28(21)14-15-33(3,41-31)42-43-34)38-19-18-37-17-16-35-32(36)39-20-27-25-10-6-4-8-23(25)24-9-5-7-11-26(24)27/h4-11,21-22,27-31H,12-20H2,1-3H3,(H,35,36)/t21-,22-,28+,29+,30+,31-,33+,34-/m1/s1. The number of carbonyl (C=O) groups excluding carboxylic acids is 1. The van der Waals surface area contributed by atoms with Gasteiger partial charge in [0.15, 0.2) is 18.2 Å². The highest BCUT2D eigenvalue weighted by molar-refractivity contribution is 5.79. The number of benzene rings is 2. The van der Waals surface area contributed by atoms with Gasteiger partial charge in [0.05, 0.1) is 19.8 Å². The van der Waals surface area contributed by atoms with Crippen LogP contribution in [0.15, 0.2) is 48.5 Å². The molecule has 2 aliphatic carbocycles. The lowest BCUT2D eigenvalue weighted by Crippen LogP contribution is -2.70. The van der Waals surface area contributed by atoms with Gasteiger partial charge >= 0.3 is 6.09 Å². The predicted octanol–water partition coefficient (Wildman–Crippen LogP) is 5.77. The Kier molecular flexibility index (Phi) is 7.99. The molecule has 2 bridgehead atoms. The molecule has 232 valence electrons. The Morgan fingerprint density at radius 1 is 0.930 bits per heavy atom. The van der Waals surface area contributed by atoms with Gasteiger partial charge in [0.2, 0.25) is 5.79 Å². The smallest absolute Gasteiger partial charge is 0.407 e. The molecule has 2 aromatic rings. The zero-order chi connectivity index (χ0) is 29.6. The van der Waals surface area contributed by atoms with Crippen LogP contribution in [0.2, 0.25) is 0 Å². The van der Waals surface area contributed by atoms with Crippen molar-refractivity contribution in [3.63, 3.8) is 0 Å². The largest absolute Gasteiger partial charge is 0.449 e. The van der Waals surface area contributed by atoms with E-state index in [1.54, 1.807) is 0 Å². The van der Waals surface area contributed by atoms with Crippen LogP contribution in [0.1, 0.15) is 63.5 Å². The molecule has 1 saturated carbocycles. The molecule has 0 aromatic heterocycles. The van der Waals surface area contributed by atoms with Gasteiger partial charge in [0, 0.05) is 30.7 Å². The number of rotatable bonds is 9. The van der Waals surface area contributed by atoms with E-state index in [-0.39, 0.29) is 24.4 Å². The first kappa shape index (κ1) is 29.2. The Hall–Kier alpha value is -2.53. The highest BCUT2D eigenvalue weighted by Gasteiger charge is 2.69. The van der Waals surface area contributed by atoms with Gasteiger partial charge in [-0.1, -0.05) is 62.4 Å². The minimum atomic E-state index is -0.800. The third kappa shape index (κ3) is 5.18. The van der Waals surface area contributed by atoms with Crippen LogP contribution in [0.5, 0.6) is 0 Å². The van der Waals surface area contributed by atoms with Crippen molar-refractivity contribution in [1.29, 1.82) is 0 Å². The molecule has 1 amide bonds. The summed E-state index contributed by atoms with van der Waals surface area (Å²) in [7, 11) is 0. The van der Waals surface area contributed by atoms with Gasteiger partial charge in [-0.2, -0.15) is 0 Å². The number of carbonyl (C=O) groups is 1. The Labute approximate surface area is 253 Å². The molecule has 1 N–H and O–H groups in total. The van der Waals surface area contributed by atoms with Crippen LogP contribution < -0.4 is 5.32 Å². The summed E-state index contributed by atoms with van der Waals surface area (Å²) in [6.07, 6.45) is 2.59. The Bertz CT molecular complexity index is 1280. The van der Waals surface area contributed by atoms with Crippen LogP contribution >= 0.6 is 0 Å². The Morgan fingerprint density at radius 2 is 1.67 bits per heavy atom. The van der Waals surface area contributed by atoms with Crippen LogP contribution in [-0.4, -0.2) is 63.0 Å². The molecule has 2 aromatic carbocycles. The number of nitrogens with one attached hydrogen (secondary N) is 1. The van der Waals surface area contributed by atoms with Crippen molar-refractivity contribution in [1.82, 2.24) is 5.32 Å². The summed E-state index contributed by atoms with van der Waals surface area (Å²) in [6, 6.07) is 16.6. The molecule has 43 heavy (non-hydrogen) atoms. The van der Waals surface area contributed by atoms with E-state index in [9.17, 15) is 4.79 Å². The van der Waals surface area contributed by atoms with Crippen molar-refractivity contribution < 1.29 is 38.3 Å². The van der Waals surface area contributed by atoms with E-state index in [1.807, 2.05) is 31.2 Å². The lowest BCUT2D eigenvalue weighted by Gasteiger charge is -2.60. The Balaban J connectivity index is 0.843. The van der Waals surface area contributed by atoms with E-state index >= 15 is 0 Å². The van der Waals surface area contributed by atoms with Gasteiger partial charge in [-0.05, 0) is 60.3 Å². The van der Waals surface area contributed by atoms with Crippen LogP contribution in [0.25, 0.3) is 11.1 Å². The third-order valence-corrected chi connectivity index (χ3v) is 10.5. The zero-order valence-corrected chi connectivity index (χ0v) is 25.3. The molecule has 4 aliphatic heterocycles. The van der Waals surface area contributed by atoms with Crippen molar-refractivity contribution in [2.75, 3.05) is 33.0 Å². The average Bonchev–Trinajstić information content (AvgIpc) is 3.15. The van der Waals surface area contributed by atoms with E-state index in [0.29, 0.717) is 38.2 Å². The number of fused-ring (bicyclic) bond motifs is 5. The molecular formula is C34H43NO8. The predicted molar refractivity (Wildman–Crippen MR) is 157 cm³/mol. The van der Waals surface area contributed by atoms with E-state index < -0.39 is 30.1 Å². The molecular weight excluding hydrogens is 550 g/mol. The molecule has 4 heterocycles. The molecule has 8 atom stereocenters. The maximum atomic E-state index is 12.4. The molecule has 9 nitrogen and oxygen atoms in total. The van der Waals surface area contributed by atoms with Crippen molar-refractivity contribution >= 4 is 6.09 Å². The van der Waals surface area contributed by atoms with Gasteiger partial charge in [-0.3, -0.25) is 0 Å². The van der Waals surface area contributed by atoms with Crippen LogP contribution in [0, 0.1) is 23.7 Å². The fourth-order valence-corrected chi connectivity index (χ4v) is 8.26. The quantitative estimate of drug-likeness (QED) is 0.290. The maximum absolute atomic E-state index is 12.4. The minimum Gasteiger partial charge on any atom is -0.449 e. The van der Waals surface area contributed by atoms with Gasteiger partial charge in [0.25, 0.3) is 0 Å². The van der Waals surface area contributed by atoms with Gasteiger partial charge in [-0.25, -0.2) is 14.6 Å². The minimum absolute atomic E-state index is 0.0363. The monoisotopic (exact) mass is 593 g/mol. The second kappa shape index (κ2) is 11.8. The average molecular weight is 594 g/mol. The van der Waals surface area contributed by atoms with Gasteiger partial charge in [0.1, 0.15) is 6.61 Å². The second-order valence-corrected chi connectivity index (χ2v) is 13.0. The van der Waals surface area contributed by atoms with Crippen molar-refractivity contribution in [2.24, 2.45) is 23.7 Å². The lowest BCUT2D eigenvalue weighted by molar-refractivity contribution is -0.577. The summed E-state index contributed by atoms with van der Waals surface area (Å²) in [6.45, 7) is 8.17. The summed E-state index contributed by atoms with van der Waals surface area (Å²) in [4.78, 5) is 24.5. The topological polar surface area (TPSA) is 93.7 Å². The molecule has 9 heteroatoms. The number of ether oxygens (including phenoxy) is 5. The highest BCUT2D eigenvalue weighted by atomic mass is 17.3. The summed E-state index contributed by atoms with van der Waals surface area (Å²) >= 11 is 0. The molecule has 4 saturated heterocycles. The van der Waals surface area contributed by atoms with E-state index in [4.69, 9.17) is 33.5 Å². The first-order chi connectivity index (χ1) is 20.9. The van der Waals surface area contributed by atoms with Gasteiger partial charge in [-0.15, -0.1) is 0 Å². The lowest BCUT2D eigenvalue weighted by atomic mass is 9.58. The Morgan fingerprint density at radius 3 is 2.44 bits per heavy atom. The second-order valence-electron chi connectivity index (χ2n) is 13.0. The van der Waals surface area contributed by atoms with Crippen molar-refractivity contribution in [3.8, 4) is 11.1 Å². The highest BCUT2D eigenvalue weighted by Crippen LogP contribution is 2.60. The molecule has 0 unspecified atom stereocenters. The number of hydrogen-bond donors (Lipinski definition) is 1. The molecule has 0 radical (unpaired) electrons. The molecule has 5 fully saturated rings.